The highest BCUT2D eigenvalue weighted by atomic mass is 19.1. The van der Waals surface area contributed by atoms with E-state index in [2.05, 4.69) is 10.3 Å². The lowest BCUT2D eigenvalue weighted by Crippen LogP contribution is -2.49. The number of nitrogens with two attached hydrogens (primary N) is 2. The molecule has 0 saturated carbocycles. The van der Waals surface area contributed by atoms with Crippen molar-refractivity contribution in [2.75, 3.05) is 26.7 Å². The quantitative estimate of drug-likeness (QED) is 0.126. The maximum absolute atomic E-state index is 15.7. The molecule has 1 aliphatic rings. The summed E-state index contributed by atoms with van der Waals surface area (Å²) < 4.78 is 20.4. The summed E-state index contributed by atoms with van der Waals surface area (Å²) in [5.41, 5.74) is 13.7. The van der Waals surface area contributed by atoms with Crippen molar-refractivity contribution in [2.45, 2.75) is 44.6 Å². The number of aldehydes is 1. The molecule has 3 aromatic carbocycles. The third kappa shape index (κ3) is 7.42. The Morgan fingerprint density at radius 2 is 1.89 bits per heavy atom. The molecule has 0 radical (unpaired) electrons. The molecule has 3 aromatic rings. The Kier molecular flexibility index (Phi) is 10.7. The first kappa shape index (κ1) is 32.2. The van der Waals surface area contributed by atoms with E-state index in [1.165, 1.54) is 13.2 Å². The molecule has 1 unspecified atom stereocenters. The summed E-state index contributed by atoms with van der Waals surface area (Å²) in [5, 5.41) is 2.68. The van der Waals surface area contributed by atoms with Crippen LogP contribution in [0.25, 0.3) is 11.1 Å². The van der Waals surface area contributed by atoms with Crippen LogP contribution in [-0.2, 0) is 21.5 Å². The fourth-order valence-corrected chi connectivity index (χ4v) is 6.13. The van der Waals surface area contributed by atoms with Gasteiger partial charge < -0.3 is 31.2 Å². The first-order valence-electron chi connectivity index (χ1n) is 14.8. The van der Waals surface area contributed by atoms with Gasteiger partial charge in [0, 0.05) is 30.8 Å². The van der Waals surface area contributed by atoms with Gasteiger partial charge in [-0.05, 0) is 73.4 Å². The minimum atomic E-state index is -1.12. The first-order chi connectivity index (χ1) is 21.2. The van der Waals surface area contributed by atoms with Gasteiger partial charge in [0.2, 0.25) is 0 Å². The lowest BCUT2D eigenvalue weighted by Gasteiger charge is -2.44. The van der Waals surface area contributed by atoms with E-state index in [0.29, 0.717) is 67.6 Å². The van der Waals surface area contributed by atoms with Gasteiger partial charge >= 0.3 is 6.09 Å². The van der Waals surface area contributed by atoms with Crippen molar-refractivity contribution in [2.24, 2.45) is 22.4 Å². The number of methoxy groups -OCH3 is 1. The molecular weight excluding hydrogens is 561 g/mol. The second kappa shape index (κ2) is 14.6. The number of carbonyl (C=O) groups is 3. The van der Waals surface area contributed by atoms with Gasteiger partial charge in [0.15, 0.2) is 5.96 Å². The number of likely N-dealkylation sites (tertiary alicyclic amines) is 1. The fourth-order valence-electron chi connectivity index (χ4n) is 6.13. The Hall–Kier alpha value is -4.73. The number of aryl methyl sites for hydroxylation is 1. The number of carbonyl (C=O) groups excluding carboxylic acids is 3. The van der Waals surface area contributed by atoms with Crippen LogP contribution in [0, 0.1) is 18.7 Å². The highest BCUT2D eigenvalue weighted by Crippen LogP contribution is 2.45. The van der Waals surface area contributed by atoms with Gasteiger partial charge in [-0.3, -0.25) is 4.79 Å². The topological polar surface area (TPSA) is 140 Å². The van der Waals surface area contributed by atoms with E-state index in [4.69, 9.17) is 16.2 Å². The fraction of sp³-hybridized carbons (Fsp3) is 0.353. The number of hydrogen-bond acceptors (Lipinski definition) is 5. The summed E-state index contributed by atoms with van der Waals surface area (Å²) in [6.45, 7) is 3.39. The Morgan fingerprint density at radius 1 is 1.14 bits per heavy atom. The van der Waals surface area contributed by atoms with Crippen molar-refractivity contribution in [3.8, 4) is 11.1 Å². The van der Waals surface area contributed by atoms with Crippen LogP contribution in [0.4, 0.5) is 9.18 Å². The molecule has 1 aliphatic heterocycles. The normalized spacial score (nSPS) is 16.0. The zero-order chi connectivity index (χ0) is 31.7. The highest BCUT2D eigenvalue weighted by Gasteiger charge is 2.44. The van der Waals surface area contributed by atoms with Crippen molar-refractivity contribution in [1.82, 2.24) is 10.2 Å². The number of guanidine groups is 1. The van der Waals surface area contributed by atoms with Gasteiger partial charge in [-0.15, -0.1) is 0 Å². The lowest BCUT2D eigenvalue weighted by molar-refractivity contribution is -0.115. The molecule has 1 fully saturated rings. The summed E-state index contributed by atoms with van der Waals surface area (Å²) in [6, 6.07) is 19.5. The molecule has 4 rings (SSSR count). The van der Waals surface area contributed by atoms with Crippen LogP contribution in [0.15, 0.2) is 71.7 Å². The van der Waals surface area contributed by atoms with Crippen molar-refractivity contribution >= 4 is 24.2 Å². The molecule has 1 saturated heterocycles. The maximum Gasteiger partial charge on any atom is 0.406 e. The maximum atomic E-state index is 15.7. The monoisotopic (exact) mass is 601 g/mol. The number of benzene rings is 3. The van der Waals surface area contributed by atoms with Gasteiger partial charge in [-0.1, -0.05) is 54.1 Å². The molecule has 10 heteroatoms. The predicted octanol–water partition coefficient (Wildman–Crippen LogP) is 4.70. The zero-order valence-corrected chi connectivity index (χ0v) is 25.2. The largest absolute Gasteiger partial charge is 0.453 e. The molecule has 0 spiro atoms. The van der Waals surface area contributed by atoms with Crippen LogP contribution in [0.5, 0.6) is 0 Å². The van der Waals surface area contributed by atoms with Crippen LogP contribution in [0.3, 0.4) is 0 Å². The number of aliphatic imine (C=N–C) groups is 1. The third-order valence-corrected chi connectivity index (χ3v) is 8.34. The molecule has 2 amide bonds. The third-order valence-electron chi connectivity index (χ3n) is 8.34. The van der Waals surface area contributed by atoms with Gasteiger partial charge in [-0.25, -0.2) is 14.2 Å². The standard InChI is InChI=1S/C34H40FN5O4/c1-23-7-3-8-26(19-23)30-28(10-4-11-29(30)35)34(22-41,16-6-17-38-33(43)44-2)27-9-5-18-40(21-27)31(42)25-14-12-24(13-15-25)20-39-32(36)37/h3-4,7-8,10-15,19,22,27H,5-6,9,16-18,20-21H2,1-2H3,(H,38,43)(H4,36,37,39)/t27-,34?/m1/s1. The minimum absolute atomic E-state index is 0.00639. The summed E-state index contributed by atoms with van der Waals surface area (Å²) >= 11 is 0. The first-order valence-corrected chi connectivity index (χ1v) is 14.8. The smallest absolute Gasteiger partial charge is 0.406 e. The summed E-state index contributed by atoms with van der Waals surface area (Å²) in [6.07, 6.45) is 2.51. The van der Waals surface area contributed by atoms with E-state index in [1.54, 1.807) is 23.1 Å². The molecule has 0 bridgehead atoms. The average molecular weight is 602 g/mol. The Labute approximate surface area is 257 Å². The highest BCUT2D eigenvalue weighted by molar-refractivity contribution is 5.94. The number of ether oxygens (including phenoxy) is 1. The number of alkyl carbamates (subject to hydrolysis) is 1. The Bertz CT molecular complexity index is 1510. The minimum Gasteiger partial charge on any atom is -0.453 e. The second-order valence-electron chi connectivity index (χ2n) is 11.2. The van der Waals surface area contributed by atoms with E-state index in [9.17, 15) is 14.4 Å². The number of amides is 2. The van der Waals surface area contributed by atoms with Gasteiger partial charge in [0.25, 0.3) is 5.91 Å². The predicted molar refractivity (Wildman–Crippen MR) is 169 cm³/mol. The van der Waals surface area contributed by atoms with Crippen molar-refractivity contribution in [3.05, 3.63) is 94.8 Å². The number of rotatable bonds is 11. The van der Waals surface area contributed by atoms with Crippen LogP contribution in [0.2, 0.25) is 0 Å². The summed E-state index contributed by atoms with van der Waals surface area (Å²) in [4.78, 5) is 44.6. The Morgan fingerprint density at radius 3 is 2.57 bits per heavy atom. The molecule has 1 heterocycles. The van der Waals surface area contributed by atoms with Crippen molar-refractivity contribution < 1.29 is 23.5 Å². The lowest BCUT2D eigenvalue weighted by atomic mass is 9.64. The summed E-state index contributed by atoms with van der Waals surface area (Å²) in [5.74, 6) is -0.861. The number of piperidine rings is 1. The molecule has 232 valence electrons. The molecule has 44 heavy (non-hydrogen) atoms. The van der Waals surface area contributed by atoms with Gasteiger partial charge in [-0.2, -0.15) is 0 Å². The molecule has 5 N–H and O–H groups in total. The van der Waals surface area contributed by atoms with Crippen LogP contribution >= 0.6 is 0 Å². The molecule has 9 nitrogen and oxygen atoms in total. The second-order valence-corrected chi connectivity index (χ2v) is 11.2. The molecule has 0 aromatic heterocycles. The zero-order valence-electron chi connectivity index (χ0n) is 25.2. The van der Waals surface area contributed by atoms with E-state index in [1.807, 2.05) is 49.4 Å². The average Bonchev–Trinajstić information content (AvgIpc) is 3.03. The number of nitrogens with one attached hydrogen (secondary N) is 1. The number of nitrogens with zero attached hydrogens (tertiary/aromatic N) is 2. The number of hydrogen-bond donors (Lipinski definition) is 3. The van der Waals surface area contributed by atoms with Crippen LogP contribution in [0.1, 0.15) is 52.7 Å². The van der Waals surface area contributed by atoms with E-state index in [-0.39, 0.29) is 24.3 Å². The molecular formula is C34H40FN5O4. The summed E-state index contributed by atoms with van der Waals surface area (Å²) in [7, 11) is 1.29. The number of halogens is 1. The van der Waals surface area contributed by atoms with Crippen molar-refractivity contribution in [1.29, 1.82) is 0 Å². The van der Waals surface area contributed by atoms with Crippen LogP contribution < -0.4 is 16.8 Å². The van der Waals surface area contributed by atoms with E-state index >= 15 is 4.39 Å². The van der Waals surface area contributed by atoms with E-state index < -0.39 is 17.3 Å². The van der Waals surface area contributed by atoms with Crippen molar-refractivity contribution in [3.63, 3.8) is 0 Å². The van der Waals surface area contributed by atoms with E-state index in [0.717, 1.165) is 17.4 Å². The SMILES string of the molecule is COC(=O)NCCCC(C=O)(c1cccc(F)c1-c1cccc(C)c1)[C@@H]1CCCN(C(=O)c2ccc(CN=C(N)N)cc2)C1. The van der Waals surface area contributed by atoms with Gasteiger partial charge in [0.1, 0.15) is 12.1 Å². The molecule has 2 atom stereocenters. The Balaban J connectivity index is 1.69. The molecule has 0 aliphatic carbocycles. The van der Waals surface area contributed by atoms with Crippen LogP contribution in [-0.4, -0.2) is 55.9 Å². The van der Waals surface area contributed by atoms with Gasteiger partial charge in [0.05, 0.1) is 19.1 Å².